The molecule has 0 aliphatic carbocycles. The van der Waals surface area contributed by atoms with E-state index in [-0.39, 0.29) is 29.7 Å². The number of rotatable bonds is 12. The Bertz CT molecular complexity index is 1080. The van der Waals surface area contributed by atoms with Gasteiger partial charge in [-0.3, -0.25) is 4.79 Å². The largest absolute Gasteiger partial charge is 0.573 e. The van der Waals surface area contributed by atoms with Gasteiger partial charge in [0.15, 0.2) is 0 Å². The molecule has 0 heterocycles. The van der Waals surface area contributed by atoms with Gasteiger partial charge in [-0.1, -0.05) is 31.5 Å². The van der Waals surface area contributed by atoms with Crippen molar-refractivity contribution < 1.29 is 36.2 Å². The second kappa shape index (κ2) is 12.1. The summed E-state index contributed by atoms with van der Waals surface area (Å²) in [5.74, 6) is -1.47. The lowest BCUT2D eigenvalue weighted by atomic mass is 10.1. The molecule has 0 saturated carbocycles. The van der Waals surface area contributed by atoms with Gasteiger partial charge in [-0.2, -0.15) is 4.31 Å². The van der Waals surface area contributed by atoms with Gasteiger partial charge in [-0.05, 0) is 54.8 Å². The number of carboxylic acids is 1. The number of hydrogen-bond acceptors (Lipinski definition) is 5. The minimum absolute atomic E-state index is 0.133. The Morgan fingerprint density at radius 1 is 1.18 bits per heavy atom. The van der Waals surface area contributed by atoms with E-state index in [2.05, 4.69) is 4.74 Å². The zero-order valence-electron chi connectivity index (χ0n) is 18.5. The molecule has 0 saturated heterocycles. The molecule has 0 aromatic heterocycles. The molecular formula is C22H25ClF3NO5S2. The van der Waals surface area contributed by atoms with Crippen LogP contribution in [-0.4, -0.2) is 48.5 Å². The van der Waals surface area contributed by atoms with Crippen LogP contribution in [0.25, 0.3) is 0 Å². The van der Waals surface area contributed by atoms with Crippen LogP contribution in [0.5, 0.6) is 5.75 Å². The summed E-state index contributed by atoms with van der Waals surface area (Å²) in [6.45, 7) is 4.12. The van der Waals surface area contributed by atoms with Crippen LogP contribution < -0.4 is 4.74 Å². The van der Waals surface area contributed by atoms with Crippen LogP contribution in [-0.2, 0) is 21.2 Å². The molecule has 0 aliphatic heterocycles. The lowest BCUT2D eigenvalue weighted by molar-refractivity contribution is -0.274. The van der Waals surface area contributed by atoms with Crippen LogP contribution in [0.1, 0.15) is 32.3 Å². The van der Waals surface area contributed by atoms with Crippen LogP contribution >= 0.6 is 23.4 Å². The number of nitrogens with zero attached hydrogens (tertiary/aromatic N) is 1. The van der Waals surface area contributed by atoms with Gasteiger partial charge in [0.1, 0.15) is 5.75 Å². The molecule has 1 N–H and O–H groups in total. The van der Waals surface area contributed by atoms with Crippen molar-refractivity contribution >= 4 is 39.4 Å². The van der Waals surface area contributed by atoms with E-state index in [0.29, 0.717) is 28.3 Å². The average molecular weight is 540 g/mol. The molecule has 1 atom stereocenters. The smallest absolute Gasteiger partial charge is 0.481 e. The average Bonchev–Trinajstić information content (AvgIpc) is 2.73. The zero-order valence-corrected chi connectivity index (χ0v) is 20.9. The molecule has 0 amide bonds. The standard InChI is InChI=1S/C22H25ClF3NO5S2/c1-3-11-27(34(30,31)18-8-6-16(7-9-18)32-22(24,25)26)14-17(4-2)33-20-10-5-15(12-19(20)23)13-21(28)29/h5-10,12,17H,3-4,11,13-14H2,1-2H3,(H,28,29)/t17-/m1/s1. The van der Waals surface area contributed by atoms with Crippen molar-refractivity contribution in [2.24, 2.45) is 0 Å². The number of thioether (sulfide) groups is 1. The molecule has 0 radical (unpaired) electrons. The van der Waals surface area contributed by atoms with E-state index in [0.717, 1.165) is 24.3 Å². The first-order chi connectivity index (χ1) is 15.9. The molecule has 2 aromatic carbocycles. The van der Waals surface area contributed by atoms with Crippen LogP contribution in [0.2, 0.25) is 5.02 Å². The fraction of sp³-hybridized carbons (Fsp3) is 0.409. The number of aliphatic carboxylic acids is 1. The Hall–Kier alpha value is -1.95. The first kappa shape index (κ1) is 28.3. The van der Waals surface area contributed by atoms with Crippen LogP contribution in [0.15, 0.2) is 52.3 Å². The SMILES string of the molecule is CCCN(C[C@@H](CC)Sc1ccc(CC(=O)O)cc1Cl)S(=O)(=O)c1ccc(OC(F)(F)F)cc1. The van der Waals surface area contributed by atoms with E-state index in [1.807, 2.05) is 13.8 Å². The second-order valence-electron chi connectivity index (χ2n) is 7.37. The molecule has 12 heteroatoms. The van der Waals surface area contributed by atoms with Crippen molar-refractivity contribution in [2.75, 3.05) is 13.1 Å². The van der Waals surface area contributed by atoms with Gasteiger partial charge < -0.3 is 9.84 Å². The monoisotopic (exact) mass is 539 g/mol. The number of halogens is 4. The molecule has 0 unspecified atom stereocenters. The van der Waals surface area contributed by atoms with E-state index in [1.54, 1.807) is 18.2 Å². The number of ether oxygens (including phenoxy) is 1. The Balaban J connectivity index is 2.20. The van der Waals surface area contributed by atoms with E-state index in [4.69, 9.17) is 16.7 Å². The van der Waals surface area contributed by atoms with Crippen molar-refractivity contribution in [1.82, 2.24) is 4.31 Å². The topological polar surface area (TPSA) is 83.9 Å². The van der Waals surface area contributed by atoms with Crippen molar-refractivity contribution in [3.63, 3.8) is 0 Å². The van der Waals surface area contributed by atoms with Crippen molar-refractivity contribution in [1.29, 1.82) is 0 Å². The first-order valence-electron chi connectivity index (χ1n) is 10.4. The summed E-state index contributed by atoms with van der Waals surface area (Å²) < 4.78 is 68.7. The minimum Gasteiger partial charge on any atom is -0.481 e. The van der Waals surface area contributed by atoms with Crippen LogP contribution in [0.4, 0.5) is 13.2 Å². The molecule has 0 spiro atoms. The zero-order chi connectivity index (χ0) is 25.5. The number of alkyl halides is 3. The third-order valence-corrected chi connectivity index (χ3v) is 8.41. The number of carboxylic acid groups (broad SMARTS) is 1. The van der Waals surface area contributed by atoms with E-state index in [1.165, 1.54) is 16.1 Å². The summed E-state index contributed by atoms with van der Waals surface area (Å²) in [5, 5.41) is 9.14. The molecule has 2 rings (SSSR count). The van der Waals surface area contributed by atoms with Gasteiger partial charge in [-0.15, -0.1) is 24.9 Å². The summed E-state index contributed by atoms with van der Waals surface area (Å²) in [6.07, 6.45) is -3.86. The molecule has 2 aromatic rings. The van der Waals surface area contributed by atoms with Crippen molar-refractivity contribution in [3.8, 4) is 5.75 Å². The highest BCUT2D eigenvalue weighted by molar-refractivity contribution is 8.00. The summed E-state index contributed by atoms with van der Waals surface area (Å²) in [4.78, 5) is 11.5. The number of hydrogen-bond donors (Lipinski definition) is 1. The number of sulfonamides is 1. The second-order valence-corrected chi connectivity index (χ2v) is 11.1. The molecule has 188 valence electrons. The van der Waals surface area contributed by atoms with E-state index >= 15 is 0 Å². The highest BCUT2D eigenvalue weighted by atomic mass is 35.5. The van der Waals surface area contributed by atoms with Gasteiger partial charge in [0.2, 0.25) is 10.0 Å². The lowest BCUT2D eigenvalue weighted by Gasteiger charge is -2.26. The predicted molar refractivity (Wildman–Crippen MR) is 125 cm³/mol. The molecule has 6 nitrogen and oxygen atoms in total. The van der Waals surface area contributed by atoms with E-state index < -0.39 is 28.1 Å². The van der Waals surface area contributed by atoms with Gasteiger partial charge in [-0.25, -0.2) is 8.42 Å². The Morgan fingerprint density at radius 3 is 2.32 bits per heavy atom. The Morgan fingerprint density at radius 2 is 1.82 bits per heavy atom. The highest BCUT2D eigenvalue weighted by Gasteiger charge is 2.32. The minimum atomic E-state index is -4.87. The lowest BCUT2D eigenvalue weighted by Crippen LogP contribution is -2.37. The fourth-order valence-corrected chi connectivity index (χ4v) is 6.21. The van der Waals surface area contributed by atoms with Crippen LogP contribution in [0.3, 0.4) is 0 Å². The molecule has 0 fully saturated rings. The third kappa shape index (κ3) is 8.37. The van der Waals surface area contributed by atoms with Crippen molar-refractivity contribution in [2.45, 2.75) is 54.5 Å². The normalized spacial score (nSPS) is 13.1. The maximum atomic E-state index is 13.2. The van der Waals surface area contributed by atoms with Crippen molar-refractivity contribution in [3.05, 3.63) is 53.1 Å². The molecule has 34 heavy (non-hydrogen) atoms. The maximum Gasteiger partial charge on any atom is 0.573 e. The van der Waals surface area contributed by atoms with Crippen LogP contribution in [0, 0.1) is 0 Å². The summed E-state index contributed by atoms with van der Waals surface area (Å²) >= 11 is 7.71. The fourth-order valence-electron chi connectivity index (χ4n) is 3.10. The summed E-state index contributed by atoms with van der Waals surface area (Å²) in [6, 6.07) is 9.07. The Labute approximate surface area is 206 Å². The summed E-state index contributed by atoms with van der Waals surface area (Å²) in [7, 11) is -3.97. The molecule has 0 bridgehead atoms. The van der Waals surface area contributed by atoms with Gasteiger partial charge in [0, 0.05) is 23.2 Å². The highest BCUT2D eigenvalue weighted by Crippen LogP contribution is 2.34. The number of benzene rings is 2. The first-order valence-corrected chi connectivity index (χ1v) is 13.1. The Kier molecular flexibility index (Phi) is 10.1. The molecule has 0 aliphatic rings. The van der Waals surface area contributed by atoms with Gasteiger partial charge >= 0.3 is 12.3 Å². The quantitative estimate of drug-likeness (QED) is 0.341. The predicted octanol–water partition coefficient (Wildman–Crippen LogP) is 5.84. The summed E-state index contributed by atoms with van der Waals surface area (Å²) in [5.41, 5.74) is 0.558. The third-order valence-electron chi connectivity index (χ3n) is 4.68. The van der Waals surface area contributed by atoms with Gasteiger partial charge in [0.25, 0.3) is 0 Å². The maximum absolute atomic E-state index is 13.2. The van der Waals surface area contributed by atoms with Gasteiger partial charge in [0.05, 0.1) is 16.3 Å². The molecular weight excluding hydrogens is 515 g/mol. The number of carbonyl (C=O) groups is 1. The van der Waals surface area contributed by atoms with E-state index in [9.17, 15) is 26.4 Å².